The van der Waals surface area contributed by atoms with Crippen LogP contribution in [0.15, 0.2) is 53.3 Å². The summed E-state index contributed by atoms with van der Waals surface area (Å²) in [6.45, 7) is 0.932. The number of anilines is 1. The summed E-state index contributed by atoms with van der Waals surface area (Å²) >= 11 is 0. The fourth-order valence-corrected chi connectivity index (χ4v) is 2.91. The smallest absolute Gasteiger partial charge is 0.328 e. The van der Waals surface area contributed by atoms with E-state index in [9.17, 15) is 9.59 Å². The molecule has 0 fully saturated rings. The number of rotatable bonds is 6. The number of nitrogens with one attached hydrogen (secondary N) is 1. The van der Waals surface area contributed by atoms with Gasteiger partial charge in [-0.1, -0.05) is 24.3 Å². The van der Waals surface area contributed by atoms with Crippen LogP contribution in [0.2, 0.25) is 0 Å². The Hall–Kier alpha value is -2.73. The average Bonchev–Trinajstić information content (AvgIpc) is 2.86. The molecular weight excluding hydrogens is 352 g/mol. The largest absolute Gasteiger partial charge is 0.399 e. The molecule has 1 aromatic heterocycles. The number of nitrogen functional groups attached to an aromatic ring is 1. The molecule has 6 nitrogen and oxygen atoms in total. The summed E-state index contributed by atoms with van der Waals surface area (Å²) in [5.74, 6) is -0.0599. The Bertz CT molecular complexity index is 944. The number of aryl methyl sites for hydroxylation is 2. The summed E-state index contributed by atoms with van der Waals surface area (Å²) in [5.41, 5.74) is 9.13. The van der Waals surface area contributed by atoms with Crippen molar-refractivity contribution in [3.63, 3.8) is 0 Å². The molecule has 0 aliphatic rings. The SMILES string of the molecule is Cl.Cn1c(=O)n(CCC(=O)NCCc2ccc(N)cc2)c2ccccc21. The summed E-state index contributed by atoms with van der Waals surface area (Å²) in [6, 6.07) is 15.2. The maximum Gasteiger partial charge on any atom is 0.328 e. The van der Waals surface area contributed by atoms with Gasteiger partial charge in [0.15, 0.2) is 0 Å². The van der Waals surface area contributed by atoms with Crippen molar-refractivity contribution in [1.29, 1.82) is 0 Å². The molecule has 0 aliphatic carbocycles. The molecule has 0 radical (unpaired) electrons. The quantitative estimate of drug-likeness (QED) is 0.648. The molecule has 3 aromatic rings. The van der Waals surface area contributed by atoms with E-state index >= 15 is 0 Å². The van der Waals surface area contributed by atoms with Crippen molar-refractivity contribution < 1.29 is 4.79 Å². The fraction of sp³-hybridized carbons (Fsp3) is 0.263. The van der Waals surface area contributed by atoms with Crippen molar-refractivity contribution in [2.75, 3.05) is 12.3 Å². The van der Waals surface area contributed by atoms with Crippen molar-refractivity contribution in [3.05, 3.63) is 64.6 Å². The van der Waals surface area contributed by atoms with Crippen LogP contribution in [0.3, 0.4) is 0 Å². The van der Waals surface area contributed by atoms with E-state index in [4.69, 9.17) is 5.73 Å². The van der Waals surface area contributed by atoms with E-state index < -0.39 is 0 Å². The lowest BCUT2D eigenvalue weighted by molar-refractivity contribution is -0.121. The molecule has 0 bridgehead atoms. The van der Waals surface area contributed by atoms with Gasteiger partial charge in [-0.25, -0.2) is 4.79 Å². The van der Waals surface area contributed by atoms with Crippen LogP contribution in [0.5, 0.6) is 0 Å². The van der Waals surface area contributed by atoms with E-state index in [0.29, 0.717) is 13.1 Å². The standard InChI is InChI=1S/C19H22N4O2.ClH/c1-22-16-4-2-3-5-17(16)23(19(22)25)13-11-18(24)21-12-10-14-6-8-15(20)9-7-14;/h2-9H,10-13,20H2,1H3,(H,21,24);1H. The monoisotopic (exact) mass is 374 g/mol. The van der Waals surface area contributed by atoms with Gasteiger partial charge >= 0.3 is 5.69 Å². The third-order valence-electron chi connectivity index (χ3n) is 4.33. The molecule has 3 N–H and O–H groups in total. The molecule has 0 saturated carbocycles. The number of nitrogens with two attached hydrogens (primary N) is 1. The van der Waals surface area contributed by atoms with Gasteiger partial charge in [-0.15, -0.1) is 12.4 Å². The van der Waals surface area contributed by atoms with E-state index in [0.717, 1.165) is 28.7 Å². The van der Waals surface area contributed by atoms with E-state index in [1.165, 1.54) is 0 Å². The first kappa shape index (κ1) is 19.6. The number of carbonyl (C=O) groups is 1. The molecule has 3 rings (SSSR count). The number of imidazole rings is 1. The lowest BCUT2D eigenvalue weighted by atomic mass is 10.1. The topological polar surface area (TPSA) is 82.0 Å². The van der Waals surface area contributed by atoms with Gasteiger partial charge in [-0.05, 0) is 36.2 Å². The van der Waals surface area contributed by atoms with Gasteiger partial charge in [0.05, 0.1) is 11.0 Å². The fourth-order valence-electron chi connectivity index (χ4n) is 2.91. The molecule has 0 unspecified atom stereocenters. The first-order valence-electron chi connectivity index (χ1n) is 8.31. The van der Waals surface area contributed by atoms with Gasteiger partial charge in [-0.2, -0.15) is 0 Å². The van der Waals surface area contributed by atoms with E-state index in [-0.39, 0.29) is 30.4 Å². The first-order chi connectivity index (χ1) is 12.1. The van der Waals surface area contributed by atoms with Crippen LogP contribution in [-0.2, 0) is 24.8 Å². The lowest BCUT2D eigenvalue weighted by Crippen LogP contribution is -2.29. The summed E-state index contributed by atoms with van der Waals surface area (Å²) in [4.78, 5) is 24.4. The van der Waals surface area contributed by atoms with Gasteiger partial charge < -0.3 is 11.1 Å². The molecule has 0 spiro atoms. The van der Waals surface area contributed by atoms with Crippen LogP contribution in [0.25, 0.3) is 11.0 Å². The molecule has 1 amide bonds. The number of amides is 1. The summed E-state index contributed by atoms with van der Waals surface area (Å²) in [6.07, 6.45) is 1.02. The molecule has 26 heavy (non-hydrogen) atoms. The highest BCUT2D eigenvalue weighted by Crippen LogP contribution is 2.11. The van der Waals surface area contributed by atoms with E-state index in [1.807, 2.05) is 48.5 Å². The van der Waals surface area contributed by atoms with Crippen molar-refractivity contribution in [3.8, 4) is 0 Å². The maximum absolute atomic E-state index is 12.3. The molecule has 1 heterocycles. The molecule has 138 valence electrons. The van der Waals surface area contributed by atoms with Crippen LogP contribution in [0.4, 0.5) is 5.69 Å². The maximum atomic E-state index is 12.3. The molecule has 0 saturated heterocycles. The summed E-state index contributed by atoms with van der Waals surface area (Å²) < 4.78 is 3.25. The zero-order valence-corrected chi connectivity index (χ0v) is 15.5. The number of carbonyl (C=O) groups excluding carboxylic acids is 1. The Labute approximate surface area is 158 Å². The number of benzene rings is 2. The number of halogens is 1. The minimum atomic E-state index is -0.101. The molecule has 2 aromatic carbocycles. The van der Waals surface area contributed by atoms with Crippen LogP contribution in [-0.4, -0.2) is 21.6 Å². The highest BCUT2D eigenvalue weighted by Gasteiger charge is 2.11. The van der Waals surface area contributed by atoms with E-state index in [1.54, 1.807) is 16.2 Å². The zero-order valence-electron chi connectivity index (χ0n) is 14.6. The zero-order chi connectivity index (χ0) is 17.8. The second kappa shape index (κ2) is 8.58. The third-order valence-corrected chi connectivity index (χ3v) is 4.33. The number of para-hydroxylation sites is 2. The number of hydrogen-bond donors (Lipinski definition) is 2. The normalized spacial score (nSPS) is 10.5. The molecule has 7 heteroatoms. The predicted octanol–water partition coefficient (Wildman–Crippen LogP) is 2.09. The number of fused-ring (bicyclic) bond motifs is 1. The third kappa shape index (κ3) is 4.26. The van der Waals surface area contributed by atoms with Crippen molar-refractivity contribution in [1.82, 2.24) is 14.5 Å². The number of hydrogen-bond acceptors (Lipinski definition) is 3. The predicted molar refractivity (Wildman–Crippen MR) is 107 cm³/mol. The summed E-state index contributed by atoms with van der Waals surface area (Å²) in [5, 5.41) is 2.90. The first-order valence-corrected chi connectivity index (χ1v) is 8.31. The van der Waals surface area contributed by atoms with Crippen LogP contribution >= 0.6 is 12.4 Å². The second-order valence-corrected chi connectivity index (χ2v) is 6.07. The lowest BCUT2D eigenvalue weighted by Gasteiger charge is -2.06. The second-order valence-electron chi connectivity index (χ2n) is 6.07. The van der Waals surface area contributed by atoms with Gasteiger partial charge in [0.1, 0.15) is 0 Å². The Balaban J connectivity index is 0.00000243. The minimum Gasteiger partial charge on any atom is -0.399 e. The minimum absolute atomic E-state index is 0. The van der Waals surface area contributed by atoms with Crippen molar-refractivity contribution in [2.24, 2.45) is 7.05 Å². The van der Waals surface area contributed by atoms with Crippen molar-refractivity contribution >= 4 is 35.0 Å². The van der Waals surface area contributed by atoms with Gasteiger partial charge in [0.25, 0.3) is 0 Å². The Morgan fingerprint density at radius 2 is 1.73 bits per heavy atom. The Morgan fingerprint density at radius 1 is 1.08 bits per heavy atom. The summed E-state index contributed by atoms with van der Waals surface area (Å²) in [7, 11) is 1.74. The number of aromatic nitrogens is 2. The highest BCUT2D eigenvalue weighted by molar-refractivity contribution is 5.85. The van der Waals surface area contributed by atoms with Gasteiger partial charge in [0.2, 0.25) is 5.91 Å². The molecule has 0 aliphatic heterocycles. The molecule has 0 atom stereocenters. The van der Waals surface area contributed by atoms with Crippen LogP contribution in [0, 0.1) is 0 Å². The van der Waals surface area contributed by atoms with Gasteiger partial charge in [0, 0.05) is 32.2 Å². The van der Waals surface area contributed by atoms with Crippen LogP contribution < -0.4 is 16.7 Å². The van der Waals surface area contributed by atoms with Gasteiger partial charge in [-0.3, -0.25) is 13.9 Å². The Morgan fingerprint density at radius 3 is 2.42 bits per heavy atom. The molecular formula is C19H23ClN4O2. The average molecular weight is 375 g/mol. The number of nitrogens with zero attached hydrogens (tertiary/aromatic N) is 2. The highest BCUT2D eigenvalue weighted by atomic mass is 35.5. The van der Waals surface area contributed by atoms with Crippen LogP contribution in [0.1, 0.15) is 12.0 Å². The Kier molecular flexibility index (Phi) is 6.46. The van der Waals surface area contributed by atoms with Crippen molar-refractivity contribution in [2.45, 2.75) is 19.4 Å². The van der Waals surface area contributed by atoms with E-state index in [2.05, 4.69) is 5.32 Å².